The van der Waals surface area contributed by atoms with E-state index in [-0.39, 0.29) is 0 Å². The van der Waals surface area contributed by atoms with E-state index < -0.39 is 0 Å². The van der Waals surface area contributed by atoms with E-state index in [1.54, 1.807) is 4.68 Å². The molecular formula is C23H25N7. The molecule has 30 heavy (non-hydrogen) atoms. The van der Waals surface area contributed by atoms with Crippen LogP contribution in [0, 0.1) is 16.7 Å². The van der Waals surface area contributed by atoms with Crippen molar-refractivity contribution in [2.24, 2.45) is 12.5 Å². The lowest BCUT2D eigenvalue weighted by molar-refractivity contribution is 0.246. The van der Waals surface area contributed by atoms with Crippen LogP contribution >= 0.6 is 0 Å². The average Bonchev–Trinajstić information content (AvgIpc) is 3.43. The molecule has 3 aromatic rings. The van der Waals surface area contributed by atoms with Gasteiger partial charge in [0.25, 0.3) is 0 Å². The first kappa shape index (κ1) is 18.8. The highest BCUT2D eigenvalue weighted by Crippen LogP contribution is 2.38. The van der Waals surface area contributed by atoms with E-state index in [1.165, 1.54) is 19.3 Å². The largest absolute Gasteiger partial charge is 0.341 e. The zero-order chi connectivity index (χ0) is 20.6. The molecule has 2 aliphatic rings. The summed E-state index contributed by atoms with van der Waals surface area (Å²) in [6.45, 7) is 4.25. The van der Waals surface area contributed by atoms with Crippen LogP contribution in [0.25, 0.3) is 22.4 Å². The molecule has 0 amide bonds. The van der Waals surface area contributed by atoms with Crippen LogP contribution in [0.3, 0.4) is 0 Å². The van der Waals surface area contributed by atoms with E-state index in [4.69, 9.17) is 15.2 Å². The number of anilines is 1. The van der Waals surface area contributed by atoms with Gasteiger partial charge in [-0.25, -0.2) is 9.97 Å². The van der Waals surface area contributed by atoms with Crippen molar-refractivity contribution in [3.63, 3.8) is 0 Å². The molecule has 1 spiro atoms. The molecular weight excluding hydrogens is 374 g/mol. The van der Waals surface area contributed by atoms with Crippen LogP contribution < -0.4 is 10.2 Å². The van der Waals surface area contributed by atoms with Gasteiger partial charge < -0.3 is 10.2 Å². The summed E-state index contributed by atoms with van der Waals surface area (Å²) in [6, 6.07) is 9.77. The number of rotatable bonds is 3. The zero-order valence-electron chi connectivity index (χ0n) is 17.2. The average molecular weight is 400 g/mol. The van der Waals surface area contributed by atoms with Crippen molar-refractivity contribution >= 4 is 5.95 Å². The molecule has 2 fully saturated rings. The molecule has 2 aromatic heterocycles. The molecule has 0 atom stereocenters. The van der Waals surface area contributed by atoms with Crippen molar-refractivity contribution in [1.29, 1.82) is 5.26 Å². The van der Waals surface area contributed by atoms with Gasteiger partial charge in [0.05, 0.1) is 23.5 Å². The molecule has 1 aromatic carbocycles. The van der Waals surface area contributed by atoms with E-state index in [9.17, 15) is 0 Å². The fourth-order valence-corrected chi connectivity index (χ4v) is 4.62. The summed E-state index contributed by atoms with van der Waals surface area (Å²) >= 11 is 0. The minimum Gasteiger partial charge on any atom is -0.341 e. The SMILES string of the molecule is Cn1cc(-c2cnc(N3CCC4(CCNC4)CC3)nc2-c2ccc(C#N)cc2)cn1. The second-order valence-electron chi connectivity index (χ2n) is 8.44. The predicted octanol–water partition coefficient (Wildman–Crippen LogP) is 3.00. The lowest BCUT2D eigenvalue weighted by atomic mass is 9.78. The molecule has 2 aliphatic heterocycles. The fraction of sp³-hybridized carbons (Fsp3) is 0.391. The summed E-state index contributed by atoms with van der Waals surface area (Å²) in [5.74, 6) is 0.780. The highest BCUT2D eigenvalue weighted by Gasteiger charge is 2.37. The Balaban J connectivity index is 1.50. The van der Waals surface area contributed by atoms with Gasteiger partial charge in [-0.2, -0.15) is 10.4 Å². The molecule has 4 heterocycles. The molecule has 0 saturated carbocycles. The van der Waals surface area contributed by atoms with Gasteiger partial charge in [-0.3, -0.25) is 4.68 Å². The Bertz CT molecular complexity index is 1080. The maximum absolute atomic E-state index is 9.14. The molecule has 2 saturated heterocycles. The maximum atomic E-state index is 9.14. The van der Waals surface area contributed by atoms with Crippen molar-refractivity contribution in [2.75, 3.05) is 31.1 Å². The number of aromatic nitrogens is 4. The van der Waals surface area contributed by atoms with Gasteiger partial charge in [-0.05, 0) is 43.4 Å². The summed E-state index contributed by atoms with van der Waals surface area (Å²) < 4.78 is 1.78. The highest BCUT2D eigenvalue weighted by molar-refractivity contribution is 5.80. The number of hydrogen-bond acceptors (Lipinski definition) is 6. The van der Waals surface area contributed by atoms with Crippen molar-refractivity contribution < 1.29 is 0 Å². The third-order valence-electron chi connectivity index (χ3n) is 6.52. The quantitative estimate of drug-likeness (QED) is 0.729. The molecule has 7 heteroatoms. The molecule has 0 aliphatic carbocycles. The Hall–Kier alpha value is -3.24. The minimum atomic E-state index is 0.460. The first-order chi connectivity index (χ1) is 14.7. The van der Waals surface area contributed by atoms with Gasteiger partial charge in [-0.1, -0.05) is 12.1 Å². The Morgan fingerprint density at radius 3 is 2.50 bits per heavy atom. The summed E-state index contributed by atoms with van der Waals surface area (Å²) in [5.41, 5.74) is 4.89. The van der Waals surface area contributed by atoms with Crippen LogP contribution in [0.1, 0.15) is 24.8 Å². The zero-order valence-corrected chi connectivity index (χ0v) is 17.2. The van der Waals surface area contributed by atoms with Crippen LogP contribution in [-0.2, 0) is 7.05 Å². The number of aryl methyl sites for hydroxylation is 1. The number of nitrogens with zero attached hydrogens (tertiary/aromatic N) is 6. The Morgan fingerprint density at radius 2 is 1.87 bits per heavy atom. The minimum absolute atomic E-state index is 0.460. The van der Waals surface area contributed by atoms with Gasteiger partial charge in [0.2, 0.25) is 5.95 Å². The van der Waals surface area contributed by atoms with Gasteiger partial charge in [0, 0.05) is 55.8 Å². The van der Waals surface area contributed by atoms with Crippen molar-refractivity contribution in [1.82, 2.24) is 25.1 Å². The molecule has 7 nitrogen and oxygen atoms in total. The van der Waals surface area contributed by atoms with E-state index in [0.29, 0.717) is 11.0 Å². The fourth-order valence-electron chi connectivity index (χ4n) is 4.62. The topological polar surface area (TPSA) is 82.7 Å². The van der Waals surface area contributed by atoms with Crippen LogP contribution in [-0.4, -0.2) is 45.9 Å². The molecule has 5 rings (SSSR count). The Labute approximate surface area is 176 Å². The smallest absolute Gasteiger partial charge is 0.225 e. The summed E-state index contributed by atoms with van der Waals surface area (Å²) in [4.78, 5) is 12.0. The van der Waals surface area contributed by atoms with Gasteiger partial charge in [0.1, 0.15) is 0 Å². The number of nitrogens with one attached hydrogen (secondary N) is 1. The van der Waals surface area contributed by atoms with Gasteiger partial charge >= 0.3 is 0 Å². The lowest BCUT2D eigenvalue weighted by Crippen LogP contribution is -2.42. The Kier molecular flexibility index (Phi) is 4.72. The third kappa shape index (κ3) is 3.44. The third-order valence-corrected chi connectivity index (χ3v) is 6.52. The molecule has 152 valence electrons. The molecule has 0 unspecified atom stereocenters. The van der Waals surface area contributed by atoms with E-state index in [2.05, 4.69) is 21.4 Å². The maximum Gasteiger partial charge on any atom is 0.225 e. The van der Waals surface area contributed by atoms with Crippen molar-refractivity contribution in [3.8, 4) is 28.5 Å². The van der Waals surface area contributed by atoms with Crippen LogP contribution in [0.5, 0.6) is 0 Å². The highest BCUT2D eigenvalue weighted by atomic mass is 15.3. The van der Waals surface area contributed by atoms with Crippen LogP contribution in [0.4, 0.5) is 5.95 Å². The predicted molar refractivity (Wildman–Crippen MR) is 116 cm³/mol. The number of hydrogen-bond donors (Lipinski definition) is 1. The summed E-state index contributed by atoms with van der Waals surface area (Å²) in [5, 5.41) is 17.0. The van der Waals surface area contributed by atoms with E-state index in [1.807, 2.05) is 49.9 Å². The van der Waals surface area contributed by atoms with Crippen LogP contribution in [0.2, 0.25) is 0 Å². The Morgan fingerprint density at radius 1 is 1.07 bits per heavy atom. The lowest BCUT2D eigenvalue weighted by Gasteiger charge is -2.39. The van der Waals surface area contributed by atoms with Crippen molar-refractivity contribution in [3.05, 3.63) is 48.4 Å². The first-order valence-electron chi connectivity index (χ1n) is 10.5. The second-order valence-corrected chi connectivity index (χ2v) is 8.44. The monoisotopic (exact) mass is 399 g/mol. The molecule has 1 N–H and O–H groups in total. The first-order valence-corrected chi connectivity index (χ1v) is 10.5. The molecule has 0 radical (unpaired) electrons. The summed E-state index contributed by atoms with van der Waals surface area (Å²) in [7, 11) is 1.90. The van der Waals surface area contributed by atoms with E-state index in [0.717, 1.165) is 54.5 Å². The number of benzene rings is 1. The number of piperidine rings is 1. The van der Waals surface area contributed by atoms with E-state index >= 15 is 0 Å². The number of nitriles is 1. The summed E-state index contributed by atoms with van der Waals surface area (Å²) in [6.07, 6.45) is 9.36. The van der Waals surface area contributed by atoms with Crippen LogP contribution in [0.15, 0.2) is 42.9 Å². The standard InChI is InChI=1S/C23H25N7/c1-29-15-19(13-27-29)20-14-26-22(28-21(20)18-4-2-17(12-24)3-5-18)30-10-7-23(8-11-30)6-9-25-16-23/h2-5,13-15,25H,6-11,16H2,1H3. The van der Waals surface area contributed by atoms with Gasteiger partial charge in [-0.15, -0.1) is 0 Å². The van der Waals surface area contributed by atoms with Crippen molar-refractivity contribution in [2.45, 2.75) is 19.3 Å². The normalized spacial score (nSPS) is 17.9. The molecule has 0 bridgehead atoms. The van der Waals surface area contributed by atoms with Gasteiger partial charge in [0.15, 0.2) is 0 Å². The second kappa shape index (κ2) is 7.54.